The molecule has 0 N–H and O–H groups in total. The Kier molecular flexibility index (Phi) is 5.36. The summed E-state index contributed by atoms with van der Waals surface area (Å²) in [6.07, 6.45) is 0.672. The first-order chi connectivity index (χ1) is 12.0. The molecule has 2 aromatic rings. The summed E-state index contributed by atoms with van der Waals surface area (Å²) in [7, 11) is 0. The Morgan fingerprint density at radius 1 is 1.00 bits per heavy atom. The molecule has 0 amide bonds. The molecule has 1 heterocycles. The molecule has 3 nitrogen and oxygen atoms in total. The number of hydrogen-bond acceptors (Lipinski definition) is 3. The van der Waals surface area contributed by atoms with Crippen LogP contribution < -0.4 is 0 Å². The number of nitrogens with zero attached hydrogens (tertiary/aromatic N) is 1. The van der Waals surface area contributed by atoms with Crippen LogP contribution in [0, 0.1) is 5.41 Å². The molecule has 0 radical (unpaired) electrons. The van der Waals surface area contributed by atoms with Crippen LogP contribution in [0.4, 0.5) is 0 Å². The topological polar surface area (TPSA) is 29.5 Å². The Balaban J connectivity index is 1.69. The zero-order valence-corrected chi connectivity index (χ0v) is 15.3. The van der Waals surface area contributed by atoms with Crippen molar-refractivity contribution in [3.05, 3.63) is 60.2 Å². The molecule has 0 aliphatic carbocycles. The third kappa shape index (κ3) is 4.56. The van der Waals surface area contributed by atoms with Crippen LogP contribution in [0.25, 0.3) is 11.1 Å². The Labute approximate surface area is 150 Å². The number of ether oxygens (including phenoxy) is 1. The quantitative estimate of drug-likeness (QED) is 0.784. The summed E-state index contributed by atoms with van der Waals surface area (Å²) in [6.45, 7) is 8.85. The summed E-state index contributed by atoms with van der Waals surface area (Å²) >= 11 is 0. The highest BCUT2D eigenvalue weighted by Crippen LogP contribution is 2.28. The molecule has 1 saturated heterocycles. The third-order valence-electron chi connectivity index (χ3n) is 4.79. The smallest absolute Gasteiger partial charge is 0.150 e. The molecule has 3 rings (SSSR count). The molecule has 1 aliphatic heterocycles. The Morgan fingerprint density at radius 2 is 1.64 bits per heavy atom. The van der Waals surface area contributed by atoms with Crippen molar-refractivity contribution in [1.29, 1.82) is 0 Å². The van der Waals surface area contributed by atoms with Crippen LogP contribution in [0.2, 0.25) is 0 Å². The molecule has 132 valence electrons. The second-order valence-corrected chi connectivity index (χ2v) is 7.92. The predicted molar refractivity (Wildman–Crippen MR) is 101 cm³/mol. The summed E-state index contributed by atoms with van der Waals surface area (Å²) in [5.74, 6) is 0. The van der Waals surface area contributed by atoms with Crippen LogP contribution in [-0.2, 0) is 16.1 Å². The van der Waals surface area contributed by atoms with Crippen molar-refractivity contribution in [1.82, 2.24) is 4.90 Å². The van der Waals surface area contributed by atoms with Gasteiger partial charge in [0.05, 0.1) is 6.10 Å². The van der Waals surface area contributed by atoms with Gasteiger partial charge in [-0.05, 0) is 22.1 Å². The minimum atomic E-state index is -0.332. The number of carbonyl (C=O) groups excluding carboxylic acids is 1. The van der Waals surface area contributed by atoms with Crippen molar-refractivity contribution < 1.29 is 9.53 Å². The molecule has 0 aromatic heterocycles. The average molecular weight is 337 g/mol. The lowest BCUT2D eigenvalue weighted by Crippen LogP contribution is -2.52. The molecule has 3 heteroatoms. The molecule has 1 aliphatic rings. The summed E-state index contributed by atoms with van der Waals surface area (Å²) in [6, 6.07) is 19.1. The van der Waals surface area contributed by atoms with E-state index in [0.717, 1.165) is 19.4 Å². The number of aldehydes is 1. The zero-order valence-electron chi connectivity index (χ0n) is 15.3. The van der Waals surface area contributed by atoms with Crippen molar-refractivity contribution in [3.8, 4) is 11.1 Å². The minimum absolute atomic E-state index is 0.0249. The van der Waals surface area contributed by atoms with Gasteiger partial charge in [0.25, 0.3) is 0 Å². The van der Waals surface area contributed by atoms with Crippen LogP contribution >= 0.6 is 0 Å². The maximum absolute atomic E-state index is 11.3. The van der Waals surface area contributed by atoms with Crippen LogP contribution in [-0.4, -0.2) is 36.5 Å². The third-order valence-corrected chi connectivity index (χ3v) is 4.79. The fourth-order valence-corrected chi connectivity index (χ4v) is 3.23. The van der Waals surface area contributed by atoms with Crippen molar-refractivity contribution in [2.45, 2.75) is 39.5 Å². The van der Waals surface area contributed by atoms with E-state index in [-0.39, 0.29) is 17.6 Å². The largest absolute Gasteiger partial charge is 0.364 e. The standard InChI is InChI=1S/C22H27NO2/c1-22(2,3)21-15-23(14-20(16-24)25-21)13-17-9-11-19(12-10-17)18-7-5-4-6-8-18/h4-12,16,20-21H,13-15H2,1-3H3. The van der Waals surface area contributed by atoms with Crippen molar-refractivity contribution in [2.75, 3.05) is 13.1 Å². The van der Waals surface area contributed by atoms with Gasteiger partial charge < -0.3 is 9.53 Å². The van der Waals surface area contributed by atoms with Gasteiger partial charge >= 0.3 is 0 Å². The molecular formula is C22H27NO2. The lowest BCUT2D eigenvalue weighted by atomic mass is 9.87. The maximum atomic E-state index is 11.3. The van der Waals surface area contributed by atoms with Crippen molar-refractivity contribution >= 4 is 6.29 Å². The normalized spacial score (nSPS) is 21.9. The lowest BCUT2D eigenvalue weighted by molar-refractivity contribution is -0.146. The Morgan fingerprint density at radius 3 is 2.24 bits per heavy atom. The van der Waals surface area contributed by atoms with E-state index in [1.165, 1.54) is 16.7 Å². The van der Waals surface area contributed by atoms with Gasteiger partial charge in [-0.2, -0.15) is 0 Å². The average Bonchev–Trinajstić information content (AvgIpc) is 2.62. The molecule has 25 heavy (non-hydrogen) atoms. The minimum Gasteiger partial charge on any atom is -0.364 e. The van der Waals surface area contributed by atoms with E-state index >= 15 is 0 Å². The van der Waals surface area contributed by atoms with E-state index < -0.39 is 0 Å². The van der Waals surface area contributed by atoms with Crippen molar-refractivity contribution in [2.24, 2.45) is 5.41 Å². The molecular weight excluding hydrogens is 310 g/mol. The van der Waals surface area contributed by atoms with E-state index in [9.17, 15) is 4.79 Å². The van der Waals surface area contributed by atoms with Crippen LogP contribution in [0.15, 0.2) is 54.6 Å². The molecule has 0 spiro atoms. The van der Waals surface area contributed by atoms with E-state index in [2.05, 4.69) is 74.2 Å². The number of hydrogen-bond donors (Lipinski definition) is 0. The predicted octanol–water partition coefficient (Wildman–Crippen LogP) is 4.17. The first-order valence-corrected chi connectivity index (χ1v) is 8.93. The number of carbonyl (C=O) groups is 1. The molecule has 1 fully saturated rings. The molecule has 0 saturated carbocycles. The maximum Gasteiger partial charge on any atom is 0.150 e. The number of rotatable bonds is 4. The first kappa shape index (κ1) is 17.8. The van der Waals surface area contributed by atoms with Crippen LogP contribution in [0.3, 0.4) is 0 Å². The second-order valence-electron chi connectivity index (χ2n) is 7.92. The van der Waals surface area contributed by atoms with Crippen molar-refractivity contribution in [3.63, 3.8) is 0 Å². The van der Waals surface area contributed by atoms with E-state index in [0.29, 0.717) is 6.54 Å². The fourth-order valence-electron chi connectivity index (χ4n) is 3.23. The Bertz CT molecular complexity index is 688. The number of benzene rings is 2. The monoisotopic (exact) mass is 337 g/mol. The summed E-state index contributed by atoms with van der Waals surface area (Å²) in [4.78, 5) is 13.6. The van der Waals surface area contributed by atoms with Crippen LogP contribution in [0.5, 0.6) is 0 Å². The Hall–Kier alpha value is -1.97. The zero-order chi connectivity index (χ0) is 17.9. The fraction of sp³-hybridized carbons (Fsp3) is 0.409. The van der Waals surface area contributed by atoms with Gasteiger partial charge in [0.1, 0.15) is 12.4 Å². The second kappa shape index (κ2) is 7.51. The van der Waals surface area contributed by atoms with Gasteiger partial charge in [-0.3, -0.25) is 4.90 Å². The highest BCUT2D eigenvalue weighted by atomic mass is 16.5. The SMILES string of the molecule is CC(C)(C)C1CN(Cc2ccc(-c3ccccc3)cc2)CC(C=O)O1. The summed E-state index contributed by atoms with van der Waals surface area (Å²) in [5, 5.41) is 0. The first-order valence-electron chi connectivity index (χ1n) is 8.93. The molecule has 2 aromatic carbocycles. The molecule has 0 bridgehead atoms. The van der Waals surface area contributed by atoms with Gasteiger partial charge in [0.15, 0.2) is 0 Å². The lowest BCUT2D eigenvalue weighted by Gasteiger charge is -2.42. The van der Waals surface area contributed by atoms with E-state index in [1.807, 2.05) is 6.07 Å². The van der Waals surface area contributed by atoms with Gasteiger partial charge in [0.2, 0.25) is 0 Å². The molecule has 2 atom stereocenters. The summed E-state index contributed by atoms with van der Waals surface area (Å²) < 4.78 is 5.94. The van der Waals surface area contributed by atoms with Gasteiger partial charge in [-0.25, -0.2) is 0 Å². The van der Waals surface area contributed by atoms with E-state index in [4.69, 9.17) is 4.74 Å². The highest BCUT2D eigenvalue weighted by molar-refractivity contribution is 5.63. The van der Waals surface area contributed by atoms with Gasteiger partial charge in [-0.1, -0.05) is 75.4 Å². The van der Waals surface area contributed by atoms with Crippen LogP contribution in [0.1, 0.15) is 26.3 Å². The molecule has 2 unspecified atom stereocenters. The summed E-state index contributed by atoms with van der Waals surface area (Å²) in [5.41, 5.74) is 3.75. The number of morpholine rings is 1. The van der Waals surface area contributed by atoms with Gasteiger partial charge in [0, 0.05) is 19.6 Å². The van der Waals surface area contributed by atoms with E-state index in [1.54, 1.807) is 0 Å². The van der Waals surface area contributed by atoms with Gasteiger partial charge in [-0.15, -0.1) is 0 Å². The highest BCUT2D eigenvalue weighted by Gasteiger charge is 2.34.